The van der Waals surface area contributed by atoms with E-state index < -0.39 is 0 Å². The van der Waals surface area contributed by atoms with Crippen LogP contribution in [0.1, 0.15) is 32.8 Å². The Kier molecular flexibility index (Phi) is 5.35. The number of halogens is 1. The summed E-state index contributed by atoms with van der Waals surface area (Å²) in [5.74, 6) is 0.261. The summed E-state index contributed by atoms with van der Waals surface area (Å²) in [6.45, 7) is 6.64. The third kappa shape index (κ3) is 4.30. The number of hydrogen-bond donors (Lipinski definition) is 1. The first-order chi connectivity index (χ1) is 8.04. The van der Waals surface area contributed by atoms with Crippen molar-refractivity contribution in [1.82, 2.24) is 10.3 Å². The molecule has 4 heteroatoms. The number of rotatable bonds is 6. The quantitative estimate of drug-likeness (QED) is 0.830. The fraction of sp³-hybridized carbons (Fsp3) is 0.615. The highest BCUT2D eigenvalue weighted by Gasteiger charge is 2.14. The van der Waals surface area contributed by atoms with E-state index in [0.29, 0.717) is 18.0 Å². The Morgan fingerprint density at radius 2 is 2.12 bits per heavy atom. The predicted molar refractivity (Wildman–Crippen MR) is 66.5 cm³/mol. The zero-order chi connectivity index (χ0) is 12.8. The highest BCUT2D eigenvalue weighted by molar-refractivity contribution is 5.23. The Hall–Kier alpha value is -1.16. The van der Waals surface area contributed by atoms with Crippen molar-refractivity contribution in [1.29, 1.82) is 0 Å². The minimum absolute atomic E-state index is 0.0261. The highest BCUT2D eigenvalue weighted by atomic mass is 19.1. The summed E-state index contributed by atoms with van der Waals surface area (Å²) in [6, 6.07) is 1.66. The summed E-state index contributed by atoms with van der Waals surface area (Å²) in [4.78, 5) is 3.94. The molecule has 1 aromatic rings. The van der Waals surface area contributed by atoms with Crippen LogP contribution in [0.5, 0.6) is 5.88 Å². The normalized spacial score (nSPS) is 12.8. The minimum atomic E-state index is -0.363. The second-order valence-electron chi connectivity index (χ2n) is 4.68. The van der Waals surface area contributed by atoms with Gasteiger partial charge in [-0.25, -0.2) is 9.37 Å². The molecule has 0 bridgehead atoms. The van der Waals surface area contributed by atoms with E-state index in [1.165, 1.54) is 0 Å². The van der Waals surface area contributed by atoms with Gasteiger partial charge in [-0.1, -0.05) is 13.8 Å². The van der Waals surface area contributed by atoms with Gasteiger partial charge in [-0.05, 0) is 32.4 Å². The molecule has 17 heavy (non-hydrogen) atoms. The third-order valence-corrected chi connectivity index (χ3v) is 2.42. The first kappa shape index (κ1) is 13.9. The molecule has 1 N–H and O–H groups in total. The molecule has 0 saturated carbocycles. The minimum Gasteiger partial charge on any atom is -0.473 e. The number of aromatic nitrogens is 1. The Morgan fingerprint density at radius 3 is 2.71 bits per heavy atom. The Morgan fingerprint density at radius 1 is 1.41 bits per heavy atom. The van der Waals surface area contributed by atoms with Crippen molar-refractivity contribution in [2.45, 2.75) is 39.8 Å². The van der Waals surface area contributed by atoms with Gasteiger partial charge in [0, 0.05) is 18.3 Å². The van der Waals surface area contributed by atoms with E-state index in [4.69, 9.17) is 4.74 Å². The van der Waals surface area contributed by atoms with Gasteiger partial charge in [0.25, 0.3) is 5.88 Å². The van der Waals surface area contributed by atoms with Crippen LogP contribution in [0.2, 0.25) is 0 Å². The fourth-order valence-electron chi connectivity index (χ4n) is 1.77. The summed E-state index contributed by atoms with van der Waals surface area (Å²) in [5.41, 5.74) is 0.578. The first-order valence-corrected chi connectivity index (χ1v) is 5.99. The van der Waals surface area contributed by atoms with Gasteiger partial charge in [0.15, 0.2) is 5.82 Å². The van der Waals surface area contributed by atoms with Crippen LogP contribution in [0.3, 0.4) is 0 Å². The summed E-state index contributed by atoms with van der Waals surface area (Å²) >= 11 is 0. The summed E-state index contributed by atoms with van der Waals surface area (Å²) in [5, 5.41) is 2.91. The van der Waals surface area contributed by atoms with E-state index in [0.717, 1.165) is 6.42 Å². The molecule has 3 nitrogen and oxygen atoms in total. The van der Waals surface area contributed by atoms with Crippen molar-refractivity contribution < 1.29 is 9.13 Å². The zero-order valence-corrected chi connectivity index (χ0v) is 11.0. The number of hydrogen-bond acceptors (Lipinski definition) is 3. The second kappa shape index (κ2) is 6.55. The average molecular weight is 240 g/mol. The van der Waals surface area contributed by atoms with Crippen LogP contribution in [0.25, 0.3) is 0 Å². The van der Waals surface area contributed by atoms with Crippen LogP contribution in [-0.4, -0.2) is 18.1 Å². The molecule has 1 atom stereocenters. The second-order valence-corrected chi connectivity index (χ2v) is 4.68. The van der Waals surface area contributed by atoms with Crippen LogP contribution < -0.4 is 10.1 Å². The predicted octanol–water partition coefficient (Wildman–Crippen LogP) is 2.75. The van der Waals surface area contributed by atoms with Crippen LogP contribution in [0.4, 0.5) is 4.39 Å². The molecule has 96 valence electrons. The molecule has 1 aromatic heterocycles. The summed E-state index contributed by atoms with van der Waals surface area (Å²) < 4.78 is 19.5. The molecule has 1 unspecified atom stereocenters. The van der Waals surface area contributed by atoms with E-state index >= 15 is 0 Å². The van der Waals surface area contributed by atoms with Crippen molar-refractivity contribution in [3.05, 3.63) is 23.6 Å². The number of ether oxygens (including phenoxy) is 1. The smallest absolute Gasteiger partial charge is 0.250 e. The molecule has 0 amide bonds. The maximum absolute atomic E-state index is 13.9. The number of nitrogens with zero attached hydrogens (tertiary/aromatic N) is 1. The lowest BCUT2D eigenvalue weighted by Crippen LogP contribution is -2.17. The molecule has 0 saturated heterocycles. The largest absolute Gasteiger partial charge is 0.473 e. The molecule has 1 heterocycles. The zero-order valence-electron chi connectivity index (χ0n) is 11.0. The lowest BCUT2D eigenvalue weighted by atomic mass is 10.1. The molecule has 0 aliphatic rings. The SMILES string of the molecule is CNCc1ccnc(OC(C)CC(C)C)c1F. The van der Waals surface area contributed by atoms with E-state index in [1.54, 1.807) is 19.3 Å². The van der Waals surface area contributed by atoms with Crippen LogP contribution in [0, 0.1) is 11.7 Å². The molecule has 1 rings (SSSR count). The van der Waals surface area contributed by atoms with Crippen LogP contribution >= 0.6 is 0 Å². The van der Waals surface area contributed by atoms with E-state index in [2.05, 4.69) is 24.1 Å². The molecule has 0 aliphatic heterocycles. The highest BCUT2D eigenvalue weighted by Crippen LogP contribution is 2.20. The molecule has 0 aliphatic carbocycles. The topological polar surface area (TPSA) is 34.2 Å². The van der Waals surface area contributed by atoms with Crippen molar-refractivity contribution in [3.63, 3.8) is 0 Å². The Balaban J connectivity index is 2.73. The van der Waals surface area contributed by atoms with Crippen LogP contribution in [-0.2, 0) is 6.54 Å². The molecule has 0 spiro atoms. The molecular weight excluding hydrogens is 219 g/mol. The van der Waals surface area contributed by atoms with Gasteiger partial charge in [0.2, 0.25) is 0 Å². The van der Waals surface area contributed by atoms with Gasteiger partial charge >= 0.3 is 0 Å². The number of pyridine rings is 1. The summed E-state index contributed by atoms with van der Waals surface area (Å²) in [7, 11) is 1.78. The average Bonchev–Trinajstić information content (AvgIpc) is 2.23. The monoisotopic (exact) mass is 240 g/mol. The van der Waals surface area contributed by atoms with Gasteiger partial charge in [0.1, 0.15) is 0 Å². The molecule has 0 radical (unpaired) electrons. The Bertz CT molecular complexity index is 355. The van der Waals surface area contributed by atoms with Crippen molar-refractivity contribution in [2.75, 3.05) is 7.05 Å². The maximum atomic E-state index is 13.9. The fourth-order valence-corrected chi connectivity index (χ4v) is 1.77. The van der Waals surface area contributed by atoms with E-state index in [1.807, 2.05) is 6.92 Å². The molecule has 0 aromatic carbocycles. The lowest BCUT2D eigenvalue weighted by Gasteiger charge is -2.16. The van der Waals surface area contributed by atoms with Gasteiger partial charge < -0.3 is 10.1 Å². The van der Waals surface area contributed by atoms with Crippen molar-refractivity contribution in [3.8, 4) is 5.88 Å². The lowest BCUT2D eigenvalue weighted by molar-refractivity contribution is 0.176. The molecule has 0 fully saturated rings. The van der Waals surface area contributed by atoms with E-state index in [-0.39, 0.29) is 17.8 Å². The number of nitrogens with one attached hydrogen (secondary N) is 1. The molecular formula is C13H21FN2O. The standard InChI is InChI=1S/C13H21FN2O/c1-9(2)7-10(3)17-13-12(14)11(8-15-4)5-6-16-13/h5-6,9-10,15H,7-8H2,1-4H3. The third-order valence-electron chi connectivity index (χ3n) is 2.42. The maximum Gasteiger partial charge on any atom is 0.250 e. The van der Waals surface area contributed by atoms with Crippen molar-refractivity contribution in [2.24, 2.45) is 5.92 Å². The first-order valence-electron chi connectivity index (χ1n) is 5.99. The summed E-state index contributed by atoms with van der Waals surface area (Å²) in [6.07, 6.45) is 2.44. The van der Waals surface area contributed by atoms with Crippen molar-refractivity contribution >= 4 is 0 Å². The Labute approximate surface area is 102 Å². The van der Waals surface area contributed by atoms with Gasteiger partial charge in [-0.2, -0.15) is 0 Å². The van der Waals surface area contributed by atoms with Gasteiger partial charge in [-0.15, -0.1) is 0 Å². The van der Waals surface area contributed by atoms with Crippen LogP contribution in [0.15, 0.2) is 12.3 Å². The van der Waals surface area contributed by atoms with Gasteiger partial charge in [-0.3, -0.25) is 0 Å². The van der Waals surface area contributed by atoms with Gasteiger partial charge in [0.05, 0.1) is 6.10 Å². The van der Waals surface area contributed by atoms with E-state index in [9.17, 15) is 4.39 Å².